The molecule has 0 aliphatic rings. The summed E-state index contributed by atoms with van der Waals surface area (Å²) in [5, 5.41) is -0.133. The van der Waals surface area contributed by atoms with Crippen molar-refractivity contribution < 1.29 is 23.5 Å². The molecule has 8 nitrogen and oxygen atoms in total. The summed E-state index contributed by atoms with van der Waals surface area (Å²) >= 11 is 1.11. The lowest BCUT2D eigenvalue weighted by molar-refractivity contribution is -0.142. The molecule has 0 saturated carbocycles. The highest BCUT2D eigenvalue weighted by Crippen LogP contribution is 2.36. The van der Waals surface area contributed by atoms with Crippen LogP contribution in [0.5, 0.6) is 0 Å². The van der Waals surface area contributed by atoms with Crippen LogP contribution in [-0.4, -0.2) is 35.2 Å². The SMILES string of the molecule is CCOC(=O)C(Sc1nc2cc(C(=O)OC)ccc2c(=O)n1Cc1ccco1)c1ccccc1. The summed E-state index contributed by atoms with van der Waals surface area (Å²) in [4.78, 5) is 43.0. The van der Waals surface area contributed by atoms with Gasteiger partial charge in [0.2, 0.25) is 0 Å². The molecule has 0 amide bonds. The number of carbonyl (C=O) groups is 2. The zero-order valence-corrected chi connectivity index (χ0v) is 19.4. The molecule has 0 aliphatic heterocycles. The predicted octanol–water partition coefficient (Wildman–Crippen LogP) is 4.22. The van der Waals surface area contributed by atoms with Crippen LogP contribution in [0.2, 0.25) is 0 Å². The van der Waals surface area contributed by atoms with Gasteiger partial charge in [-0.25, -0.2) is 9.78 Å². The summed E-state index contributed by atoms with van der Waals surface area (Å²) in [6.07, 6.45) is 1.52. The van der Waals surface area contributed by atoms with Crippen LogP contribution in [0, 0.1) is 0 Å². The van der Waals surface area contributed by atoms with Gasteiger partial charge in [0, 0.05) is 0 Å². The number of benzene rings is 2. The van der Waals surface area contributed by atoms with Gasteiger partial charge in [0.05, 0.1) is 43.0 Å². The standard InChI is InChI=1S/C25H22N2O6S/c1-3-32-24(30)21(16-8-5-4-6-9-16)34-25-26-20-14-17(23(29)31-2)11-12-19(20)22(28)27(25)15-18-10-7-13-33-18/h4-14,21H,3,15H2,1-2H3. The van der Waals surface area contributed by atoms with Crippen LogP contribution in [0.4, 0.5) is 0 Å². The summed E-state index contributed by atoms with van der Waals surface area (Å²) in [5.41, 5.74) is 0.984. The van der Waals surface area contributed by atoms with Gasteiger partial charge in [-0.2, -0.15) is 0 Å². The van der Waals surface area contributed by atoms with Gasteiger partial charge in [-0.15, -0.1) is 0 Å². The van der Waals surface area contributed by atoms with Crippen molar-refractivity contribution in [2.75, 3.05) is 13.7 Å². The van der Waals surface area contributed by atoms with Crippen LogP contribution in [0.1, 0.15) is 33.9 Å². The van der Waals surface area contributed by atoms with E-state index in [1.54, 1.807) is 25.1 Å². The van der Waals surface area contributed by atoms with E-state index in [1.165, 1.54) is 30.1 Å². The van der Waals surface area contributed by atoms with Crippen LogP contribution >= 0.6 is 11.8 Å². The van der Waals surface area contributed by atoms with E-state index in [0.29, 0.717) is 22.2 Å². The largest absolute Gasteiger partial charge is 0.467 e. The van der Waals surface area contributed by atoms with E-state index >= 15 is 0 Å². The molecule has 2 aromatic heterocycles. The second-order valence-electron chi connectivity index (χ2n) is 7.25. The Morgan fingerprint density at radius 1 is 1.12 bits per heavy atom. The second kappa shape index (κ2) is 10.4. The second-order valence-corrected chi connectivity index (χ2v) is 8.32. The minimum atomic E-state index is -0.753. The third kappa shape index (κ3) is 4.89. The fourth-order valence-electron chi connectivity index (χ4n) is 3.44. The number of methoxy groups -OCH3 is 1. The number of nitrogens with zero attached hydrogens (tertiary/aromatic N) is 2. The Morgan fingerprint density at radius 3 is 2.59 bits per heavy atom. The first-order valence-corrected chi connectivity index (χ1v) is 11.4. The van der Waals surface area contributed by atoms with Crippen molar-refractivity contribution in [2.45, 2.75) is 23.9 Å². The molecule has 9 heteroatoms. The van der Waals surface area contributed by atoms with Gasteiger partial charge in [-0.3, -0.25) is 14.2 Å². The van der Waals surface area contributed by atoms with Gasteiger partial charge in [-0.05, 0) is 42.8 Å². The maximum atomic E-state index is 13.5. The van der Waals surface area contributed by atoms with E-state index in [4.69, 9.17) is 13.9 Å². The molecule has 0 radical (unpaired) electrons. The van der Waals surface area contributed by atoms with Gasteiger partial charge in [-0.1, -0.05) is 42.1 Å². The van der Waals surface area contributed by atoms with Gasteiger partial charge >= 0.3 is 11.9 Å². The minimum absolute atomic E-state index is 0.125. The Labute approximate surface area is 199 Å². The summed E-state index contributed by atoms with van der Waals surface area (Å²) < 4.78 is 17.0. The maximum absolute atomic E-state index is 13.5. The number of furan rings is 1. The van der Waals surface area contributed by atoms with Gasteiger partial charge in [0.1, 0.15) is 11.0 Å². The number of thioether (sulfide) groups is 1. The predicted molar refractivity (Wildman–Crippen MR) is 127 cm³/mol. The van der Waals surface area contributed by atoms with Crippen LogP contribution in [-0.2, 0) is 20.8 Å². The quantitative estimate of drug-likeness (QED) is 0.211. The summed E-state index contributed by atoms with van der Waals surface area (Å²) in [7, 11) is 1.28. The number of carbonyl (C=O) groups excluding carboxylic acids is 2. The lowest BCUT2D eigenvalue weighted by Gasteiger charge is -2.18. The molecule has 0 bridgehead atoms. The van der Waals surface area contributed by atoms with E-state index in [-0.39, 0.29) is 29.4 Å². The molecule has 174 valence electrons. The molecule has 0 fully saturated rings. The van der Waals surface area contributed by atoms with Crippen molar-refractivity contribution >= 4 is 34.6 Å². The highest BCUT2D eigenvalue weighted by molar-refractivity contribution is 8.00. The third-order valence-corrected chi connectivity index (χ3v) is 6.28. The number of hydrogen-bond acceptors (Lipinski definition) is 8. The average molecular weight is 479 g/mol. The third-order valence-electron chi connectivity index (χ3n) is 5.06. The Balaban J connectivity index is 1.87. The topological polar surface area (TPSA) is 101 Å². The Hall–Kier alpha value is -3.85. The molecule has 0 N–H and O–H groups in total. The van der Waals surface area contributed by atoms with Gasteiger partial charge in [0.15, 0.2) is 5.16 Å². The molecule has 2 heterocycles. The first kappa shape index (κ1) is 23.3. The Morgan fingerprint density at radius 2 is 1.91 bits per heavy atom. The van der Waals surface area contributed by atoms with Crippen molar-refractivity contribution in [1.82, 2.24) is 9.55 Å². The summed E-state index contributed by atoms with van der Waals surface area (Å²) in [5.74, 6) is -0.420. The van der Waals surface area contributed by atoms with Crippen LogP contribution in [0.25, 0.3) is 10.9 Å². The van der Waals surface area contributed by atoms with Gasteiger partial charge < -0.3 is 13.9 Å². The van der Waals surface area contributed by atoms with E-state index in [1.807, 2.05) is 30.3 Å². The van der Waals surface area contributed by atoms with E-state index < -0.39 is 17.2 Å². The monoisotopic (exact) mass is 478 g/mol. The van der Waals surface area contributed by atoms with Crippen molar-refractivity contribution in [2.24, 2.45) is 0 Å². The van der Waals surface area contributed by atoms with Crippen molar-refractivity contribution in [3.8, 4) is 0 Å². The number of aromatic nitrogens is 2. The number of hydrogen-bond donors (Lipinski definition) is 0. The molecule has 0 aliphatic carbocycles. The molecule has 1 atom stereocenters. The molecule has 0 saturated heterocycles. The zero-order chi connectivity index (χ0) is 24.1. The van der Waals surface area contributed by atoms with E-state index in [0.717, 1.165) is 11.8 Å². The number of fused-ring (bicyclic) bond motifs is 1. The first-order chi connectivity index (χ1) is 16.5. The highest BCUT2D eigenvalue weighted by atomic mass is 32.2. The Kier molecular flexibility index (Phi) is 7.12. The number of ether oxygens (including phenoxy) is 2. The first-order valence-electron chi connectivity index (χ1n) is 10.5. The normalized spacial score (nSPS) is 11.8. The number of esters is 2. The van der Waals surface area contributed by atoms with Crippen LogP contribution in [0.3, 0.4) is 0 Å². The number of rotatable bonds is 8. The summed E-state index contributed by atoms with van der Waals surface area (Å²) in [6, 6.07) is 17.2. The lowest BCUT2D eigenvalue weighted by atomic mass is 10.1. The fraction of sp³-hybridized carbons (Fsp3) is 0.200. The average Bonchev–Trinajstić information content (AvgIpc) is 3.37. The van der Waals surface area contributed by atoms with Crippen molar-refractivity contribution in [1.29, 1.82) is 0 Å². The summed E-state index contributed by atoms with van der Waals surface area (Å²) in [6.45, 7) is 2.08. The van der Waals surface area contributed by atoms with Crippen LogP contribution in [0.15, 0.2) is 81.3 Å². The Bertz CT molecular complexity index is 1370. The van der Waals surface area contributed by atoms with E-state index in [9.17, 15) is 14.4 Å². The van der Waals surface area contributed by atoms with Crippen LogP contribution < -0.4 is 5.56 Å². The molecular formula is C25H22N2O6S. The van der Waals surface area contributed by atoms with Gasteiger partial charge in [0.25, 0.3) is 5.56 Å². The van der Waals surface area contributed by atoms with Crippen molar-refractivity contribution in [3.05, 3.63) is 94.2 Å². The zero-order valence-electron chi connectivity index (χ0n) is 18.6. The lowest BCUT2D eigenvalue weighted by Crippen LogP contribution is -2.25. The molecule has 4 rings (SSSR count). The van der Waals surface area contributed by atoms with Crippen molar-refractivity contribution in [3.63, 3.8) is 0 Å². The molecule has 0 spiro atoms. The molecule has 1 unspecified atom stereocenters. The molecule has 4 aromatic rings. The molecular weight excluding hydrogens is 456 g/mol. The maximum Gasteiger partial charge on any atom is 0.337 e. The smallest absolute Gasteiger partial charge is 0.337 e. The minimum Gasteiger partial charge on any atom is -0.467 e. The highest BCUT2D eigenvalue weighted by Gasteiger charge is 2.27. The molecule has 2 aromatic carbocycles. The fourth-order valence-corrected chi connectivity index (χ4v) is 4.53. The van der Waals surface area contributed by atoms with E-state index in [2.05, 4.69) is 4.98 Å². The molecule has 34 heavy (non-hydrogen) atoms.